The van der Waals surface area contributed by atoms with Crippen LogP contribution in [0.15, 0.2) is 103 Å². The summed E-state index contributed by atoms with van der Waals surface area (Å²) in [6, 6.07) is 35.9. The van der Waals surface area contributed by atoms with E-state index in [1.165, 1.54) is 19.3 Å². The summed E-state index contributed by atoms with van der Waals surface area (Å²) >= 11 is 0.303. The first-order chi connectivity index (χ1) is 15.4. The van der Waals surface area contributed by atoms with Crippen LogP contribution in [-0.2, 0) is 0 Å². The van der Waals surface area contributed by atoms with Gasteiger partial charge in [-0.3, -0.25) is 0 Å². The molecule has 0 aliphatic rings. The number of hydrogen-bond donors (Lipinski definition) is 0. The Balaban J connectivity index is 1.73. The Morgan fingerprint density at radius 1 is 0.516 bits per heavy atom. The van der Waals surface area contributed by atoms with Crippen molar-refractivity contribution in [2.24, 2.45) is 0 Å². The third-order valence-electron chi connectivity index (χ3n) is 5.53. The molecule has 2 heterocycles. The van der Waals surface area contributed by atoms with Crippen molar-refractivity contribution in [1.29, 1.82) is 0 Å². The fraction of sp³-hybridized carbons (Fsp3) is 0. The molecule has 4 aromatic carbocycles. The van der Waals surface area contributed by atoms with Crippen molar-refractivity contribution < 1.29 is 0 Å². The third kappa shape index (κ3) is 3.09. The van der Waals surface area contributed by atoms with Gasteiger partial charge in [-0.05, 0) is 0 Å². The maximum absolute atomic E-state index is 4.61. The Morgan fingerprint density at radius 3 is 1.97 bits per heavy atom. The van der Waals surface area contributed by atoms with Gasteiger partial charge in [-0.1, -0.05) is 0 Å². The molecule has 3 nitrogen and oxygen atoms in total. The Kier molecular flexibility index (Phi) is 4.45. The van der Waals surface area contributed by atoms with E-state index in [2.05, 4.69) is 94.3 Å². The van der Waals surface area contributed by atoms with Gasteiger partial charge in [0, 0.05) is 0 Å². The molecule has 0 spiro atoms. The van der Waals surface area contributed by atoms with Gasteiger partial charge in [0.05, 0.1) is 0 Å². The van der Waals surface area contributed by atoms with Crippen molar-refractivity contribution in [2.45, 2.75) is 0 Å². The molecule has 0 fully saturated rings. The summed E-state index contributed by atoms with van der Waals surface area (Å²) in [6.07, 6.45) is 0. The fourth-order valence-electron chi connectivity index (χ4n) is 4.16. The molecule has 0 radical (unpaired) electrons. The number of fused-ring (bicyclic) bond motifs is 3. The molecule has 4 heteroatoms. The molecule has 0 amide bonds. The third-order valence-corrected chi connectivity index (χ3v) is 7.91. The van der Waals surface area contributed by atoms with Crippen LogP contribution < -0.4 is 0 Å². The van der Waals surface area contributed by atoms with E-state index in [0.29, 0.717) is 14.5 Å². The molecule has 0 bridgehead atoms. The van der Waals surface area contributed by atoms with E-state index >= 15 is 0 Å². The minimum atomic E-state index is 0.303. The summed E-state index contributed by atoms with van der Waals surface area (Å²) in [6.45, 7) is 0. The number of aromatic nitrogens is 3. The molecular weight excluding hydrogens is 445 g/mol. The monoisotopic (exact) mass is 463 g/mol. The van der Waals surface area contributed by atoms with Crippen LogP contribution in [0.4, 0.5) is 0 Å². The standard InChI is InChI=1S/C27H17N3Se/c1-3-10-18(11-4-1)24-26(19-12-5-2-6-13-19)28-30-29-27(24)21-15-9-17-23-25(21)20-14-7-8-16-22(20)31-23/h1-17H. The van der Waals surface area contributed by atoms with Crippen LogP contribution in [0.5, 0.6) is 0 Å². The molecule has 0 unspecified atom stereocenters. The second-order valence-electron chi connectivity index (χ2n) is 7.37. The quantitative estimate of drug-likeness (QED) is 0.293. The first kappa shape index (κ1) is 18.2. The molecule has 2 aromatic heterocycles. The predicted molar refractivity (Wildman–Crippen MR) is 128 cm³/mol. The summed E-state index contributed by atoms with van der Waals surface area (Å²) in [5, 5.41) is 15.9. The Bertz CT molecular complexity index is 1520. The topological polar surface area (TPSA) is 38.7 Å². The van der Waals surface area contributed by atoms with E-state index in [1.54, 1.807) is 0 Å². The molecule has 0 saturated heterocycles. The van der Waals surface area contributed by atoms with Gasteiger partial charge in [0.2, 0.25) is 0 Å². The maximum atomic E-state index is 4.61. The van der Waals surface area contributed by atoms with Gasteiger partial charge in [-0.15, -0.1) is 0 Å². The van der Waals surface area contributed by atoms with Crippen molar-refractivity contribution >= 4 is 33.8 Å². The number of benzene rings is 4. The second kappa shape index (κ2) is 7.59. The first-order valence-electron chi connectivity index (χ1n) is 10.1. The summed E-state index contributed by atoms with van der Waals surface area (Å²) in [5.41, 5.74) is 6.00. The zero-order valence-corrected chi connectivity index (χ0v) is 18.3. The minimum absolute atomic E-state index is 0.303. The molecule has 0 aliphatic carbocycles. The van der Waals surface area contributed by atoms with E-state index in [1.807, 2.05) is 24.3 Å². The molecule has 0 atom stereocenters. The van der Waals surface area contributed by atoms with E-state index in [4.69, 9.17) is 0 Å². The zero-order valence-electron chi connectivity index (χ0n) is 16.6. The summed E-state index contributed by atoms with van der Waals surface area (Å²) in [4.78, 5) is 0. The van der Waals surface area contributed by atoms with Gasteiger partial charge in [-0.25, -0.2) is 0 Å². The van der Waals surface area contributed by atoms with Crippen LogP contribution in [0.3, 0.4) is 0 Å². The molecule has 6 aromatic rings. The van der Waals surface area contributed by atoms with Crippen molar-refractivity contribution in [3.63, 3.8) is 0 Å². The molecule has 0 N–H and O–H groups in total. The SMILES string of the molecule is c1ccc(-c2nnnc(-c3cccc4[se]c5ccccc5c34)c2-c2ccccc2)cc1. The van der Waals surface area contributed by atoms with E-state index in [-0.39, 0.29) is 0 Å². The van der Waals surface area contributed by atoms with Crippen LogP contribution in [0, 0.1) is 0 Å². The molecule has 31 heavy (non-hydrogen) atoms. The van der Waals surface area contributed by atoms with Crippen LogP contribution in [0.25, 0.3) is 52.9 Å². The first-order valence-corrected chi connectivity index (χ1v) is 11.9. The predicted octanol–water partition coefficient (Wildman–Crippen LogP) is 6.24. The number of rotatable bonds is 3. The Hall–Kier alpha value is -3.59. The van der Waals surface area contributed by atoms with Gasteiger partial charge in [0.1, 0.15) is 0 Å². The van der Waals surface area contributed by atoms with Gasteiger partial charge >= 0.3 is 186 Å². The summed E-state index contributed by atoms with van der Waals surface area (Å²) in [5.74, 6) is 0. The van der Waals surface area contributed by atoms with Crippen LogP contribution in [0.1, 0.15) is 0 Å². The van der Waals surface area contributed by atoms with Crippen LogP contribution in [0.2, 0.25) is 0 Å². The average molecular weight is 462 g/mol. The summed E-state index contributed by atoms with van der Waals surface area (Å²) < 4.78 is 2.81. The van der Waals surface area contributed by atoms with Crippen LogP contribution >= 0.6 is 0 Å². The van der Waals surface area contributed by atoms with Gasteiger partial charge in [-0.2, -0.15) is 0 Å². The molecular formula is C27H17N3Se. The molecule has 0 aliphatic heterocycles. The number of nitrogens with zero attached hydrogens (tertiary/aromatic N) is 3. The normalized spacial score (nSPS) is 11.2. The van der Waals surface area contributed by atoms with Crippen LogP contribution in [-0.4, -0.2) is 29.9 Å². The average Bonchev–Trinajstić information content (AvgIpc) is 3.23. The molecule has 6 rings (SSSR count). The van der Waals surface area contributed by atoms with E-state index in [0.717, 1.165) is 33.6 Å². The van der Waals surface area contributed by atoms with E-state index < -0.39 is 0 Å². The van der Waals surface area contributed by atoms with Crippen molar-refractivity contribution in [3.05, 3.63) is 103 Å². The van der Waals surface area contributed by atoms with Gasteiger partial charge in [0.25, 0.3) is 0 Å². The number of hydrogen-bond acceptors (Lipinski definition) is 3. The van der Waals surface area contributed by atoms with Crippen molar-refractivity contribution in [3.8, 4) is 33.6 Å². The molecule has 0 saturated carbocycles. The Labute approximate surface area is 185 Å². The van der Waals surface area contributed by atoms with Crippen molar-refractivity contribution in [1.82, 2.24) is 15.4 Å². The molecule has 146 valence electrons. The fourth-order valence-corrected chi connectivity index (χ4v) is 6.54. The zero-order chi connectivity index (χ0) is 20.6. The van der Waals surface area contributed by atoms with Gasteiger partial charge in [0.15, 0.2) is 0 Å². The van der Waals surface area contributed by atoms with Gasteiger partial charge < -0.3 is 0 Å². The summed E-state index contributed by atoms with van der Waals surface area (Å²) in [7, 11) is 0. The van der Waals surface area contributed by atoms with Crippen molar-refractivity contribution in [2.75, 3.05) is 0 Å². The Morgan fingerprint density at radius 2 is 1.16 bits per heavy atom. The van der Waals surface area contributed by atoms with E-state index in [9.17, 15) is 0 Å². The second-order valence-corrected chi connectivity index (χ2v) is 9.64.